The molecule has 1 fully saturated rings. The molecule has 3 aromatic rings. The van der Waals surface area contributed by atoms with E-state index < -0.39 is 17.6 Å². The van der Waals surface area contributed by atoms with E-state index in [2.05, 4.69) is 25.5 Å². The van der Waals surface area contributed by atoms with Gasteiger partial charge in [-0.3, -0.25) is 4.72 Å². The van der Waals surface area contributed by atoms with Gasteiger partial charge in [-0.1, -0.05) is 57.3 Å². The maximum Gasteiger partial charge on any atom is 0.417 e. The lowest BCUT2D eigenvalue weighted by molar-refractivity contribution is -0.137. The third kappa shape index (κ3) is 4.99. The van der Waals surface area contributed by atoms with Crippen molar-refractivity contribution >= 4 is 22.9 Å². The minimum atomic E-state index is -4.56. The summed E-state index contributed by atoms with van der Waals surface area (Å²) in [4.78, 5) is 0. The fourth-order valence-corrected chi connectivity index (χ4v) is 5.11. The molecular weight excluding hydrogens is 436 g/mol. The number of aromatic nitrogens is 1. The lowest BCUT2D eigenvalue weighted by Crippen LogP contribution is -2.19. The van der Waals surface area contributed by atoms with Crippen LogP contribution in [0.25, 0.3) is 22.0 Å². The van der Waals surface area contributed by atoms with Gasteiger partial charge in [-0.25, -0.2) is 4.39 Å². The van der Waals surface area contributed by atoms with E-state index in [1.54, 1.807) is 18.0 Å². The molecule has 0 unspecified atom stereocenters. The molecule has 0 spiro atoms. The van der Waals surface area contributed by atoms with Crippen molar-refractivity contribution in [2.45, 2.75) is 64.5 Å². The van der Waals surface area contributed by atoms with E-state index in [0.29, 0.717) is 18.3 Å². The highest BCUT2D eigenvalue weighted by molar-refractivity contribution is 7.98. The van der Waals surface area contributed by atoms with Crippen molar-refractivity contribution in [3.05, 3.63) is 59.5 Å². The quantitative estimate of drug-likeness (QED) is 0.296. The summed E-state index contributed by atoms with van der Waals surface area (Å²) >= 11 is 1.72. The average Bonchev–Trinajstić information content (AvgIpc) is 2.97. The van der Waals surface area contributed by atoms with Gasteiger partial charge in [0.15, 0.2) is 0 Å². The minimum absolute atomic E-state index is 0.0259. The summed E-state index contributed by atoms with van der Waals surface area (Å²) < 4.78 is 61.4. The summed E-state index contributed by atoms with van der Waals surface area (Å²) in [5.74, 6) is -0.643. The number of benzene rings is 2. The summed E-state index contributed by atoms with van der Waals surface area (Å²) in [5, 5.41) is 1.36. The summed E-state index contributed by atoms with van der Waals surface area (Å²) in [6.07, 6.45) is 1.13. The van der Waals surface area contributed by atoms with Crippen LogP contribution in [0.1, 0.15) is 51.2 Å². The highest BCUT2D eigenvalue weighted by atomic mass is 32.2. The Morgan fingerprint density at radius 1 is 1.06 bits per heavy atom. The van der Waals surface area contributed by atoms with E-state index in [0.717, 1.165) is 22.5 Å². The Labute approximate surface area is 190 Å². The van der Waals surface area contributed by atoms with E-state index in [-0.39, 0.29) is 16.5 Å². The van der Waals surface area contributed by atoms with E-state index >= 15 is 4.39 Å². The van der Waals surface area contributed by atoms with Gasteiger partial charge >= 0.3 is 6.18 Å². The number of halogens is 4. The van der Waals surface area contributed by atoms with E-state index in [4.69, 9.17) is 0 Å². The zero-order valence-electron chi connectivity index (χ0n) is 18.5. The van der Waals surface area contributed by atoms with Crippen LogP contribution in [0.15, 0.2) is 42.6 Å². The summed E-state index contributed by atoms with van der Waals surface area (Å²) in [5.41, 5.74) is 0.663. The van der Waals surface area contributed by atoms with Crippen LogP contribution in [-0.4, -0.2) is 9.82 Å². The van der Waals surface area contributed by atoms with Gasteiger partial charge in [0.05, 0.1) is 5.56 Å². The second kappa shape index (κ2) is 8.75. The highest BCUT2D eigenvalue weighted by Gasteiger charge is 2.34. The van der Waals surface area contributed by atoms with Crippen molar-refractivity contribution in [1.82, 2.24) is 9.29 Å². The Morgan fingerprint density at radius 2 is 1.78 bits per heavy atom. The Hall–Kier alpha value is -1.99. The number of alkyl halides is 3. The second-order valence-corrected chi connectivity index (χ2v) is 10.9. The normalized spacial score (nSPS) is 15.3. The number of fused-ring (bicyclic) bond motifs is 1. The van der Waals surface area contributed by atoms with Gasteiger partial charge in [-0.2, -0.15) is 13.2 Å². The van der Waals surface area contributed by atoms with Crippen molar-refractivity contribution in [3.63, 3.8) is 0 Å². The number of nitrogens with zero attached hydrogens (tertiary/aromatic N) is 1. The standard InChI is InChI=1S/C25H28F4N2S/c1-24(2,3)15-31-14-16(13-30-32-17-7-6-8-17)19-11-22(26)20(12-23(19)31)18-9-4-5-10-21(18)25(27,28)29/h4-5,9-12,14,17,30H,6-8,13,15H2,1-3H3. The molecule has 1 heterocycles. The first-order chi connectivity index (χ1) is 15.0. The van der Waals surface area contributed by atoms with E-state index in [9.17, 15) is 13.2 Å². The fourth-order valence-electron chi connectivity index (χ4n) is 4.06. The summed E-state index contributed by atoms with van der Waals surface area (Å²) in [6, 6.07) is 8.14. The van der Waals surface area contributed by atoms with Gasteiger partial charge in [-0.15, -0.1) is 0 Å². The van der Waals surface area contributed by atoms with Crippen LogP contribution in [-0.2, 0) is 19.3 Å². The van der Waals surface area contributed by atoms with Crippen molar-refractivity contribution in [3.8, 4) is 11.1 Å². The Kier molecular flexibility index (Phi) is 6.34. The molecular formula is C25H28F4N2S. The molecule has 0 amide bonds. The molecule has 0 atom stereocenters. The SMILES string of the molecule is CC(C)(C)Cn1cc(CNSC2CCC2)c2cc(F)c(-c3ccccc3C(F)(F)F)cc21. The third-order valence-electron chi connectivity index (χ3n) is 5.78. The molecule has 0 radical (unpaired) electrons. The molecule has 172 valence electrons. The molecule has 1 aliphatic carbocycles. The van der Waals surface area contributed by atoms with Crippen molar-refractivity contribution in [1.29, 1.82) is 0 Å². The molecule has 32 heavy (non-hydrogen) atoms. The molecule has 2 aromatic carbocycles. The van der Waals surface area contributed by atoms with Crippen LogP contribution >= 0.6 is 11.9 Å². The lowest BCUT2D eigenvalue weighted by Gasteiger charge is -2.24. The number of hydrogen-bond acceptors (Lipinski definition) is 2. The van der Waals surface area contributed by atoms with E-state index in [1.165, 1.54) is 43.5 Å². The van der Waals surface area contributed by atoms with Gasteiger partial charge in [0.1, 0.15) is 5.82 Å². The first kappa shape index (κ1) is 23.2. The predicted octanol–water partition coefficient (Wildman–Crippen LogP) is 7.80. The second-order valence-electron chi connectivity index (χ2n) is 9.73. The molecule has 1 saturated carbocycles. The summed E-state index contributed by atoms with van der Waals surface area (Å²) in [6.45, 7) is 7.56. The third-order valence-corrected chi connectivity index (χ3v) is 6.90. The number of nitrogens with one attached hydrogen (secondary N) is 1. The largest absolute Gasteiger partial charge is 0.417 e. The van der Waals surface area contributed by atoms with Gasteiger partial charge in [-0.05, 0) is 47.6 Å². The molecule has 4 rings (SSSR count). The number of hydrogen-bond donors (Lipinski definition) is 1. The zero-order valence-corrected chi connectivity index (χ0v) is 19.3. The first-order valence-corrected chi connectivity index (χ1v) is 11.8. The molecule has 1 aliphatic rings. The van der Waals surface area contributed by atoms with Crippen molar-refractivity contribution < 1.29 is 17.6 Å². The van der Waals surface area contributed by atoms with Crippen LogP contribution in [0.5, 0.6) is 0 Å². The van der Waals surface area contributed by atoms with Gasteiger partial charge in [0.2, 0.25) is 0 Å². The molecule has 7 heteroatoms. The lowest BCUT2D eigenvalue weighted by atomic mass is 9.96. The van der Waals surface area contributed by atoms with Crippen LogP contribution in [0.4, 0.5) is 17.6 Å². The molecule has 0 aliphatic heterocycles. The Morgan fingerprint density at radius 3 is 2.41 bits per heavy atom. The van der Waals surface area contributed by atoms with Gasteiger partial charge in [0, 0.05) is 41.0 Å². The molecule has 1 N–H and O–H groups in total. The smallest absolute Gasteiger partial charge is 0.347 e. The minimum Gasteiger partial charge on any atom is -0.347 e. The fraction of sp³-hybridized carbons (Fsp3) is 0.440. The highest BCUT2D eigenvalue weighted by Crippen LogP contribution is 2.40. The maximum absolute atomic E-state index is 15.2. The van der Waals surface area contributed by atoms with Crippen LogP contribution in [0.2, 0.25) is 0 Å². The average molecular weight is 465 g/mol. The van der Waals surface area contributed by atoms with Crippen LogP contribution in [0, 0.1) is 11.2 Å². The van der Waals surface area contributed by atoms with Gasteiger partial charge in [0.25, 0.3) is 0 Å². The Bertz CT molecular complexity index is 1110. The number of rotatable bonds is 6. The molecule has 0 bridgehead atoms. The first-order valence-electron chi connectivity index (χ1n) is 10.9. The van der Waals surface area contributed by atoms with Crippen molar-refractivity contribution in [2.24, 2.45) is 5.41 Å². The maximum atomic E-state index is 15.2. The zero-order chi connectivity index (χ0) is 23.1. The molecule has 2 nitrogen and oxygen atoms in total. The monoisotopic (exact) mass is 464 g/mol. The van der Waals surface area contributed by atoms with Crippen LogP contribution < -0.4 is 4.72 Å². The predicted molar refractivity (Wildman–Crippen MR) is 124 cm³/mol. The van der Waals surface area contributed by atoms with E-state index in [1.807, 2.05) is 10.8 Å². The molecule has 1 aromatic heterocycles. The summed E-state index contributed by atoms with van der Waals surface area (Å²) in [7, 11) is 0. The van der Waals surface area contributed by atoms with Crippen LogP contribution in [0.3, 0.4) is 0 Å². The molecule has 0 saturated heterocycles. The van der Waals surface area contributed by atoms with Gasteiger partial charge < -0.3 is 4.57 Å². The topological polar surface area (TPSA) is 17.0 Å². The Balaban J connectivity index is 1.78. The van der Waals surface area contributed by atoms with Crippen molar-refractivity contribution in [2.75, 3.05) is 0 Å².